The van der Waals surface area contributed by atoms with Crippen LogP contribution in [-0.2, 0) is 4.79 Å². The SMILES string of the molecule is COc1ccc(N2C(=O)[C@H]3C[C@@H](NC(=O)c4ccco4)CCN3C2=O)cc1. The van der Waals surface area contributed by atoms with Crippen molar-refractivity contribution in [2.24, 2.45) is 0 Å². The number of amides is 4. The molecular weight excluding hydrogens is 350 g/mol. The number of benzene rings is 1. The van der Waals surface area contributed by atoms with E-state index >= 15 is 0 Å². The van der Waals surface area contributed by atoms with Gasteiger partial charge in [0.25, 0.3) is 11.8 Å². The minimum atomic E-state index is -0.574. The molecule has 1 aromatic carbocycles. The molecule has 1 aromatic heterocycles. The second-order valence-electron chi connectivity index (χ2n) is 6.54. The fraction of sp³-hybridized carbons (Fsp3) is 0.316. The number of imide groups is 1. The molecule has 140 valence electrons. The van der Waals surface area contributed by atoms with Crippen molar-refractivity contribution >= 4 is 23.5 Å². The molecule has 2 aliphatic rings. The quantitative estimate of drug-likeness (QED) is 0.833. The van der Waals surface area contributed by atoms with Crippen LogP contribution in [0.25, 0.3) is 0 Å². The first-order chi connectivity index (χ1) is 13.1. The molecular formula is C19H19N3O5. The summed E-state index contributed by atoms with van der Waals surface area (Å²) in [6.45, 7) is 0.408. The average Bonchev–Trinajstić information content (AvgIpc) is 3.30. The van der Waals surface area contributed by atoms with Gasteiger partial charge in [0.2, 0.25) is 0 Å². The topological polar surface area (TPSA) is 92.1 Å². The summed E-state index contributed by atoms with van der Waals surface area (Å²) in [5.74, 6) is 0.284. The van der Waals surface area contributed by atoms with Crippen molar-refractivity contribution in [1.29, 1.82) is 0 Å². The predicted octanol–water partition coefficient (Wildman–Crippen LogP) is 2.02. The minimum absolute atomic E-state index is 0.198. The van der Waals surface area contributed by atoms with Crippen LogP contribution in [0.5, 0.6) is 5.75 Å². The first-order valence-corrected chi connectivity index (χ1v) is 8.71. The van der Waals surface area contributed by atoms with Gasteiger partial charge in [-0.2, -0.15) is 0 Å². The smallest absolute Gasteiger partial charge is 0.332 e. The Balaban J connectivity index is 1.48. The molecule has 1 N–H and O–H groups in total. The molecule has 4 rings (SSSR count). The van der Waals surface area contributed by atoms with Gasteiger partial charge in [-0.05, 0) is 49.2 Å². The van der Waals surface area contributed by atoms with Gasteiger partial charge < -0.3 is 19.4 Å². The van der Waals surface area contributed by atoms with Gasteiger partial charge in [0, 0.05) is 12.6 Å². The van der Waals surface area contributed by atoms with Crippen molar-refractivity contribution in [2.75, 3.05) is 18.6 Å². The minimum Gasteiger partial charge on any atom is -0.497 e. The lowest BCUT2D eigenvalue weighted by atomic mass is 9.98. The van der Waals surface area contributed by atoms with Gasteiger partial charge in [-0.25, -0.2) is 9.69 Å². The first-order valence-electron chi connectivity index (χ1n) is 8.71. The second kappa shape index (κ2) is 6.79. The van der Waals surface area contributed by atoms with E-state index in [2.05, 4.69) is 5.32 Å². The molecule has 8 heteroatoms. The predicted molar refractivity (Wildman–Crippen MR) is 95.6 cm³/mol. The normalized spacial score (nSPS) is 22.0. The van der Waals surface area contributed by atoms with Crippen LogP contribution in [0.3, 0.4) is 0 Å². The lowest BCUT2D eigenvalue weighted by Crippen LogP contribution is -2.49. The number of nitrogens with zero attached hydrogens (tertiary/aromatic N) is 2. The lowest BCUT2D eigenvalue weighted by molar-refractivity contribution is -0.120. The van der Waals surface area contributed by atoms with Crippen molar-refractivity contribution in [1.82, 2.24) is 10.2 Å². The molecule has 2 saturated heterocycles. The van der Waals surface area contributed by atoms with E-state index in [0.29, 0.717) is 30.8 Å². The Morgan fingerprint density at radius 2 is 2.00 bits per heavy atom. The number of ether oxygens (including phenoxy) is 1. The maximum absolute atomic E-state index is 12.9. The summed E-state index contributed by atoms with van der Waals surface area (Å²) in [5, 5.41) is 2.88. The molecule has 2 atom stereocenters. The highest BCUT2D eigenvalue weighted by Crippen LogP contribution is 2.31. The Morgan fingerprint density at radius 1 is 1.22 bits per heavy atom. The first kappa shape index (κ1) is 17.1. The number of piperidine rings is 1. The number of urea groups is 1. The third-order valence-electron chi connectivity index (χ3n) is 4.96. The van der Waals surface area contributed by atoms with Gasteiger partial charge >= 0.3 is 6.03 Å². The molecule has 27 heavy (non-hydrogen) atoms. The summed E-state index contributed by atoms with van der Waals surface area (Å²) < 4.78 is 10.2. The van der Waals surface area contributed by atoms with Crippen LogP contribution in [0, 0.1) is 0 Å². The van der Waals surface area contributed by atoms with Crippen LogP contribution in [0.1, 0.15) is 23.4 Å². The number of rotatable bonds is 4. The van der Waals surface area contributed by atoms with Crippen LogP contribution >= 0.6 is 0 Å². The van der Waals surface area contributed by atoms with Crippen molar-refractivity contribution in [3.63, 3.8) is 0 Å². The molecule has 2 fully saturated rings. The van der Waals surface area contributed by atoms with E-state index < -0.39 is 6.04 Å². The summed E-state index contributed by atoms with van der Waals surface area (Å²) in [5.41, 5.74) is 0.511. The maximum Gasteiger partial charge on any atom is 0.332 e. The molecule has 4 amide bonds. The molecule has 0 radical (unpaired) electrons. The highest BCUT2D eigenvalue weighted by atomic mass is 16.5. The molecule has 8 nitrogen and oxygen atoms in total. The fourth-order valence-corrected chi connectivity index (χ4v) is 3.56. The van der Waals surface area contributed by atoms with Crippen molar-refractivity contribution < 1.29 is 23.5 Å². The molecule has 0 saturated carbocycles. The molecule has 0 aliphatic carbocycles. The zero-order valence-electron chi connectivity index (χ0n) is 14.8. The average molecular weight is 369 g/mol. The van der Waals surface area contributed by atoms with E-state index in [9.17, 15) is 14.4 Å². The maximum atomic E-state index is 12.9. The molecule has 0 bridgehead atoms. The van der Waals surface area contributed by atoms with E-state index in [-0.39, 0.29) is 29.6 Å². The van der Waals surface area contributed by atoms with E-state index in [1.165, 1.54) is 11.2 Å². The zero-order valence-corrected chi connectivity index (χ0v) is 14.8. The van der Waals surface area contributed by atoms with E-state index in [0.717, 1.165) is 0 Å². The van der Waals surface area contributed by atoms with Gasteiger partial charge in [-0.3, -0.25) is 9.59 Å². The van der Waals surface area contributed by atoms with Crippen molar-refractivity contribution in [3.8, 4) is 5.75 Å². The largest absolute Gasteiger partial charge is 0.497 e. The summed E-state index contributed by atoms with van der Waals surface area (Å²) >= 11 is 0. The van der Waals surface area contributed by atoms with E-state index in [4.69, 9.17) is 9.15 Å². The number of carbonyl (C=O) groups is 3. The molecule has 0 spiro atoms. The number of furan rings is 1. The number of fused-ring (bicyclic) bond motifs is 1. The third-order valence-corrected chi connectivity index (χ3v) is 4.96. The van der Waals surface area contributed by atoms with Crippen LogP contribution in [0.2, 0.25) is 0 Å². The summed E-state index contributed by atoms with van der Waals surface area (Å²) in [7, 11) is 1.55. The van der Waals surface area contributed by atoms with Crippen LogP contribution in [0.15, 0.2) is 47.1 Å². The highest BCUT2D eigenvalue weighted by molar-refractivity contribution is 6.21. The van der Waals surface area contributed by atoms with Crippen molar-refractivity contribution in [3.05, 3.63) is 48.4 Å². The third kappa shape index (κ3) is 3.03. The summed E-state index contributed by atoms with van der Waals surface area (Å²) in [6.07, 6.45) is 2.39. The van der Waals surface area contributed by atoms with Crippen LogP contribution < -0.4 is 15.0 Å². The van der Waals surface area contributed by atoms with Gasteiger partial charge in [0.05, 0.1) is 19.1 Å². The fourth-order valence-electron chi connectivity index (χ4n) is 3.56. The summed E-state index contributed by atoms with van der Waals surface area (Å²) in [6, 6.07) is 8.91. The number of hydrogen-bond donors (Lipinski definition) is 1. The monoisotopic (exact) mass is 369 g/mol. The van der Waals surface area contributed by atoms with Crippen molar-refractivity contribution in [2.45, 2.75) is 24.9 Å². The molecule has 0 unspecified atom stereocenters. The van der Waals surface area contributed by atoms with Crippen LogP contribution in [-0.4, -0.2) is 48.5 Å². The highest BCUT2D eigenvalue weighted by Gasteiger charge is 2.48. The number of anilines is 1. The molecule has 3 heterocycles. The van der Waals surface area contributed by atoms with Crippen LogP contribution in [0.4, 0.5) is 10.5 Å². The Hall–Kier alpha value is -3.29. The molecule has 2 aromatic rings. The lowest BCUT2D eigenvalue weighted by Gasteiger charge is -2.32. The number of hydrogen-bond acceptors (Lipinski definition) is 5. The van der Waals surface area contributed by atoms with Gasteiger partial charge in [-0.1, -0.05) is 0 Å². The number of methoxy groups -OCH3 is 1. The van der Waals surface area contributed by atoms with Gasteiger partial charge in [0.15, 0.2) is 5.76 Å². The molecule has 2 aliphatic heterocycles. The van der Waals surface area contributed by atoms with E-state index in [1.54, 1.807) is 48.4 Å². The second-order valence-corrected chi connectivity index (χ2v) is 6.54. The number of carbonyl (C=O) groups excluding carboxylic acids is 3. The Morgan fingerprint density at radius 3 is 2.67 bits per heavy atom. The zero-order chi connectivity index (χ0) is 19.0. The Bertz CT molecular complexity index is 862. The number of nitrogens with one attached hydrogen (secondary N) is 1. The Kier molecular flexibility index (Phi) is 4.31. The standard InChI is InChI=1S/C19H19N3O5/c1-26-14-6-4-13(5-7-14)22-18(24)15-11-12(8-9-21(15)19(22)25)20-17(23)16-3-2-10-27-16/h2-7,10,12,15H,8-9,11H2,1H3,(H,20,23)/t12-,15+/m0/s1. The van der Waals surface area contributed by atoms with E-state index in [1.807, 2.05) is 0 Å². The summed E-state index contributed by atoms with van der Waals surface area (Å²) in [4.78, 5) is 40.5. The Labute approximate surface area is 155 Å². The van der Waals surface area contributed by atoms with Gasteiger partial charge in [0.1, 0.15) is 11.8 Å². The van der Waals surface area contributed by atoms with Gasteiger partial charge in [-0.15, -0.1) is 0 Å².